The Labute approximate surface area is 236 Å². The van der Waals surface area contributed by atoms with E-state index >= 15 is 0 Å². The van der Waals surface area contributed by atoms with E-state index in [1.54, 1.807) is 21.3 Å². The number of rotatable bonds is 7. The second-order valence-corrected chi connectivity index (χ2v) is 13.3. The minimum atomic E-state index is -1.43. The van der Waals surface area contributed by atoms with Gasteiger partial charge < -0.3 is 34.5 Å². The Morgan fingerprint density at radius 3 is 2.55 bits per heavy atom. The number of aliphatic hydroxyl groups is 2. The van der Waals surface area contributed by atoms with Gasteiger partial charge in [0.15, 0.2) is 0 Å². The third-order valence-corrected chi connectivity index (χ3v) is 12.6. The van der Waals surface area contributed by atoms with E-state index in [0.29, 0.717) is 37.8 Å². The smallest absolute Gasteiger partial charge is 0.340 e. The SMILES string of the molecule is CCN1C[C@]2(OC(=O)c3ccccc3NC)CC[C@H](OC)[C@@]34[C@@H]2C[C@@H]([C@@H]13)[C@@]1(O)C[C@H](OC)[C@H]2C[C@@H]4[C@]1(O)[C@H]2OC. The molecule has 1 heterocycles. The summed E-state index contributed by atoms with van der Waals surface area (Å²) in [6, 6.07) is 7.46. The molecule has 5 saturated carbocycles. The van der Waals surface area contributed by atoms with Crippen LogP contribution in [0.15, 0.2) is 24.3 Å². The molecule has 0 radical (unpaired) electrons. The minimum absolute atomic E-state index is 0.00584. The molecule has 40 heavy (non-hydrogen) atoms. The summed E-state index contributed by atoms with van der Waals surface area (Å²) in [5.41, 5.74) is -2.81. The number of hydrogen-bond acceptors (Lipinski definition) is 9. The van der Waals surface area contributed by atoms with Gasteiger partial charge in [0.25, 0.3) is 0 Å². The van der Waals surface area contributed by atoms with Gasteiger partial charge in [-0.15, -0.1) is 0 Å². The monoisotopic (exact) mass is 556 g/mol. The summed E-state index contributed by atoms with van der Waals surface area (Å²) >= 11 is 0. The van der Waals surface area contributed by atoms with Crippen molar-refractivity contribution in [2.24, 2.45) is 29.1 Å². The Kier molecular flexibility index (Phi) is 6.02. The number of para-hydroxylation sites is 1. The lowest BCUT2D eigenvalue weighted by molar-refractivity contribution is -0.337. The second-order valence-electron chi connectivity index (χ2n) is 13.3. The number of ether oxygens (including phenoxy) is 4. The lowest BCUT2D eigenvalue weighted by Crippen LogP contribution is -2.83. The summed E-state index contributed by atoms with van der Waals surface area (Å²) in [5, 5.41) is 28.8. The van der Waals surface area contributed by atoms with Crippen LogP contribution in [0.25, 0.3) is 0 Å². The van der Waals surface area contributed by atoms with Crippen LogP contribution in [0.2, 0.25) is 0 Å². The molecule has 220 valence electrons. The van der Waals surface area contributed by atoms with E-state index in [2.05, 4.69) is 17.1 Å². The Morgan fingerprint density at radius 2 is 1.88 bits per heavy atom. The van der Waals surface area contributed by atoms with Crippen LogP contribution in [0, 0.1) is 29.1 Å². The van der Waals surface area contributed by atoms with Crippen LogP contribution in [0.1, 0.15) is 49.4 Å². The average molecular weight is 557 g/mol. The van der Waals surface area contributed by atoms with E-state index in [9.17, 15) is 15.0 Å². The molecule has 0 aromatic heterocycles. The first-order valence-corrected chi connectivity index (χ1v) is 15.0. The molecule has 0 amide bonds. The molecule has 12 atom stereocenters. The molecule has 1 aromatic rings. The highest BCUT2D eigenvalue weighted by molar-refractivity contribution is 5.95. The molecule has 1 aliphatic heterocycles. The maximum Gasteiger partial charge on any atom is 0.340 e. The van der Waals surface area contributed by atoms with E-state index in [4.69, 9.17) is 18.9 Å². The topological polar surface area (TPSA) is 110 Å². The molecule has 0 unspecified atom stereocenters. The number of carbonyl (C=O) groups is 1. The maximum atomic E-state index is 13.9. The van der Waals surface area contributed by atoms with Crippen LogP contribution < -0.4 is 5.32 Å². The van der Waals surface area contributed by atoms with Gasteiger partial charge in [0, 0.05) is 82.2 Å². The van der Waals surface area contributed by atoms with Crippen LogP contribution >= 0.6 is 0 Å². The third-order valence-electron chi connectivity index (χ3n) is 12.6. The van der Waals surface area contributed by atoms with Gasteiger partial charge in [-0.3, -0.25) is 4.90 Å². The van der Waals surface area contributed by atoms with Crippen LogP contribution in [0.4, 0.5) is 5.69 Å². The van der Waals surface area contributed by atoms with Gasteiger partial charge in [0.2, 0.25) is 0 Å². The van der Waals surface area contributed by atoms with Crippen LogP contribution in [0.3, 0.4) is 0 Å². The molecule has 5 aliphatic carbocycles. The number of likely N-dealkylation sites (N-methyl/N-ethyl adjacent to an activating group) is 1. The zero-order valence-corrected chi connectivity index (χ0v) is 24.3. The second kappa shape index (κ2) is 8.88. The number of benzene rings is 1. The van der Waals surface area contributed by atoms with Gasteiger partial charge in [-0.1, -0.05) is 19.1 Å². The van der Waals surface area contributed by atoms with Gasteiger partial charge in [-0.05, 0) is 44.4 Å². The lowest BCUT2D eigenvalue weighted by atomic mass is 9.44. The fraction of sp³-hybridized carbons (Fsp3) is 0.774. The number of nitrogens with one attached hydrogen (secondary N) is 1. The highest BCUT2D eigenvalue weighted by Gasteiger charge is 2.89. The van der Waals surface area contributed by atoms with Crippen molar-refractivity contribution < 1.29 is 34.0 Å². The number of piperidine rings is 1. The molecule has 7 rings (SSSR count). The number of hydrogen-bond donors (Lipinski definition) is 3. The summed E-state index contributed by atoms with van der Waals surface area (Å²) < 4.78 is 25.1. The fourth-order valence-corrected chi connectivity index (χ4v) is 11.5. The third kappa shape index (κ3) is 2.87. The Hall–Kier alpha value is -1.75. The van der Waals surface area contributed by atoms with Crippen molar-refractivity contribution in [3.63, 3.8) is 0 Å². The maximum absolute atomic E-state index is 13.9. The molecular weight excluding hydrogens is 512 g/mol. The Balaban J connectivity index is 1.40. The molecule has 6 fully saturated rings. The van der Waals surface area contributed by atoms with Crippen LogP contribution in [-0.2, 0) is 18.9 Å². The molecule has 1 spiro atoms. The molecule has 3 N–H and O–H groups in total. The van der Waals surface area contributed by atoms with Gasteiger partial charge in [-0.25, -0.2) is 4.79 Å². The van der Waals surface area contributed by atoms with E-state index < -0.39 is 28.3 Å². The van der Waals surface area contributed by atoms with Crippen LogP contribution in [-0.4, -0.2) is 104 Å². The fourth-order valence-electron chi connectivity index (χ4n) is 11.5. The van der Waals surface area contributed by atoms with E-state index in [-0.39, 0.29) is 47.9 Å². The summed E-state index contributed by atoms with van der Waals surface area (Å²) in [6.07, 6.45) is 2.27. The Morgan fingerprint density at radius 1 is 1.10 bits per heavy atom. The van der Waals surface area contributed by atoms with E-state index in [1.807, 2.05) is 31.3 Å². The largest absolute Gasteiger partial charge is 0.454 e. The number of nitrogens with zero attached hydrogens (tertiary/aromatic N) is 1. The zero-order chi connectivity index (χ0) is 28.2. The zero-order valence-electron chi connectivity index (χ0n) is 24.3. The van der Waals surface area contributed by atoms with Gasteiger partial charge in [-0.2, -0.15) is 0 Å². The van der Waals surface area contributed by atoms with Gasteiger partial charge in [0.05, 0.1) is 23.9 Å². The van der Waals surface area contributed by atoms with Crippen molar-refractivity contribution >= 4 is 11.7 Å². The van der Waals surface area contributed by atoms with Gasteiger partial charge >= 0.3 is 5.97 Å². The first-order chi connectivity index (χ1) is 19.2. The molecule has 7 bridgehead atoms. The standard InChI is InChI=1S/C31H44N2O7/c1-6-33-16-28(40-27(34)17-9-7-8-10-20(17)32-2)12-11-24(38-4)30-22(28)14-19(25(30)33)29(35)15-21(37-3)18-13-23(30)31(29,36)26(18)39-5/h7-10,18-19,21-26,32,35-36H,6,11-16H2,1-5H3/t18-,19+,21+,22-,23+,24+,25-,26+,28-,29+,30+,31+/m1/s1. The summed E-state index contributed by atoms with van der Waals surface area (Å²) in [7, 11) is 6.93. The lowest BCUT2D eigenvalue weighted by Gasteiger charge is -2.70. The number of carbonyl (C=O) groups excluding carboxylic acids is 1. The van der Waals surface area contributed by atoms with Crippen molar-refractivity contribution in [3.05, 3.63) is 29.8 Å². The first-order valence-electron chi connectivity index (χ1n) is 15.0. The Bertz CT molecular complexity index is 1200. The highest BCUT2D eigenvalue weighted by atomic mass is 16.6. The quantitative estimate of drug-likeness (QED) is 0.436. The molecule has 1 aromatic carbocycles. The summed E-state index contributed by atoms with van der Waals surface area (Å²) in [4.78, 5) is 16.3. The van der Waals surface area contributed by atoms with Crippen molar-refractivity contribution in [1.82, 2.24) is 4.90 Å². The van der Waals surface area contributed by atoms with Crippen molar-refractivity contribution in [3.8, 4) is 0 Å². The molecule has 6 aliphatic rings. The number of likely N-dealkylation sites (tertiary alicyclic amines) is 1. The van der Waals surface area contributed by atoms with E-state index in [0.717, 1.165) is 18.7 Å². The van der Waals surface area contributed by atoms with Crippen molar-refractivity contribution in [2.45, 2.75) is 80.2 Å². The van der Waals surface area contributed by atoms with Gasteiger partial charge in [0.1, 0.15) is 16.8 Å². The summed E-state index contributed by atoms with van der Waals surface area (Å²) in [6.45, 7) is 3.52. The average Bonchev–Trinajstić information content (AvgIpc) is 3.39. The molecule has 9 heteroatoms. The number of anilines is 1. The van der Waals surface area contributed by atoms with E-state index in [1.165, 1.54) is 0 Å². The highest BCUT2D eigenvalue weighted by Crippen LogP contribution is 2.79. The first kappa shape index (κ1) is 27.1. The molecule has 1 saturated heterocycles. The van der Waals surface area contributed by atoms with Crippen molar-refractivity contribution in [1.29, 1.82) is 0 Å². The predicted molar refractivity (Wildman–Crippen MR) is 147 cm³/mol. The minimum Gasteiger partial charge on any atom is -0.454 e. The number of esters is 1. The molecular formula is C31H44N2O7. The number of fused-ring (bicyclic) bond motifs is 2. The van der Waals surface area contributed by atoms with Crippen molar-refractivity contribution in [2.75, 3.05) is 46.8 Å². The summed E-state index contributed by atoms with van der Waals surface area (Å²) in [5.74, 6) is -0.926. The number of methoxy groups -OCH3 is 3. The van der Waals surface area contributed by atoms with Crippen LogP contribution in [0.5, 0.6) is 0 Å². The predicted octanol–water partition coefficient (Wildman–Crippen LogP) is 2.30. The normalized spacial score (nSPS) is 50.1. The molecule has 9 nitrogen and oxygen atoms in total.